The summed E-state index contributed by atoms with van der Waals surface area (Å²) in [7, 11) is -0.936. The van der Waals surface area contributed by atoms with E-state index in [0.717, 1.165) is 0 Å². The fourth-order valence-corrected chi connectivity index (χ4v) is 2.97. The van der Waals surface area contributed by atoms with E-state index in [2.05, 4.69) is 46.1 Å². The van der Waals surface area contributed by atoms with Gasteiger partial charge in [0.05, 0.1) is 0 Å². The van der Waals surface area contributed by atoms with Gasteiger partial charge in [-0.15, -0.1) is 0 Å². The molecule has 0 aliphatic carbocycles. The molecular weight excluding hydrogens is 160 g/mol. The van der Waals surface area contributed by atoms with Gasteiger partial charge in [-0.1, -0.05) is 57.8 Å². The maximum absolute atomic E-state index is 3.75. The van der Waals surface area contributed by atoms with Crippen LogP contribution in [0.4, 0.5) is 0 Å². The molecule has 0 aromatic rings. The lowest BCUT2D eigenvalue weighted by molar-refractivity contribution is 0.765. The molecule has 0 saturated carbocycles. The van der Waals surface area contributed by atoms with Crippen molar-refractivity contribution in [2.24, 2.45) is 5.92 Å². The third-order valence-corrected chi connectivity index (χ3v) is 3.28. The summed E-state index contributed by atoms with van der Waals surface area (Å²) in [6.07, 6.45) is 4.10. The molecule has 0 saturated heterocycles. The van der Waals surface area contributed by atoms with E-state index < -0.39 is 8.07 Å². The summed E-state index contributed by atoms with van der Waals surface area (Å²) in [5.74, 6) is 0.676. The van der Waals surface area contributed by atoms with Gasteiger partial charge in [0.25, 0.3) is 0 Å². The Morgan fingerprint density at radius 2 is 1.83 bits per heavy atom. The van der Waals surface area contributed by atoms with Crippen LogP contribution in [0.25, 0.3) is 0 Å². The van der Waals surface area contributed by atoms with E-state index >= 15 is 0 Å². The van der Waals surface area contributed by atoms with E-state index in [1.54, 1.807) is 5.57 Å². The van der Waals surface area contributed by atoms with Crippen molar-refractivity contribution in [3.8, 4) is 0 Å². The van der Waals surface area contributed by atoms with E-state index in [0.29, 0.717) is 5.92 Å². The van der Waals surface area contributed by atoms with Crippen molar-refractivity contribution in [1.29, 1.82) is 0 Å². The lowest BCUT2D eigenvalue weighted by Gasteiger charge is -2.20. The molecular formula is C11H22Si. The van der Waals surface area contributed by atoms with Crippen molar-refractivity contribution in [3.63, 3.8) is 0 Å². The third-order valence-electron chi connectivity index (χ3n) is 1.81. The van der Waals surface area contributed by atoms with Crippen molar-refractivity contribution < 1.29 is 0 Å². The smallest absolute Gasteiger partial charge is 0.0483 e. The van der Waals surface area contributed by atoms with Crippen LogP contribution in [0.3, 0.4) is 0 Å². The highest BCUT2D eigenvalue weighted by Gasteiger charge is 2.16. The van der Waals surface area contributed by atoms with Gasteiger partial charge in [0.1, 0.15) is 0 Å². The molecule has 0 N–H and O–H groups in total. The SMILES string of the molecule is C=C/C=C(\C[Si](C)(C)C)C(C)C. The summed E-state index contributed by atoms with van der Waals surface area (Å²) in [5.41, 5.74) is 1.56. The topological polar surface area (TPSA) is 0 Å². The molecule has 12 heavy (non-hydrogen) atoms. The number of rotatable bonds is 4. The van der Waals surface area contributed by atoms with Gasteiger partial charge in [-0.05, 0) is 12.0 Å². The minimum atomic E-state index is -0.936. The van der Waals surface area contributed by atoms with Crippen molar-refractivity contribution >= 4 is 8.07 Å². The van der Waals surface area contributed by atoms with Crippen LogP contribution in [0.15, 0.2) is 24.3 Å². The van der Waals surface area contributed by atoms with Crippen molar-refractivity contribution in [2.75, 3.05) is 0 Å². The second kappa shape index (κ2) is 4.66. The molecule has 0 rings (SSSR count). The lowest BCUT2D eigenvalue weighted by Crippen LogP contribution is -2.21. The van der Waals surface area contributed by atoms with Crippen LogP contribution < -0.4 is 0 Å². The minimum Gasteiger partial charge on any atom is -0.0991 e. The Balaban J connectivity index is 4.35. The van der Waals surface area contributed by atoms with Gasteiger partial charge in [0.15, 0.2) is 0 Å². The summed E-state index contributed by atoms with van der Waals surface area (Å²) in [6, 6.07) is 1.30. The molecule has 0 atom stereocenters. The fraction of sp³-hybridized carbons (Fsp3) is 0.636. The van der Waals surface area contributed by atoms with Gasteiger partial charge in [0, 0.05) is 8.07 Å². The van der Waals surface area contributed by atoms with Crippen LogP contribution >= 0.6 is 0 Å². The molecule has 0 heterocycles. The number of hydrogen-bond acceptors (Lipinski definition) is 0. The maximum atomic E-state index is 3.75. The molecule has 70 valence electrons. The first-order valence-corrected chi connectivity index (χ1v) is 8.39. The first kappa shape index (κ1) is 11.7. The third kappa shape index (κ3) is 5.36. The Morgan fingerprint density at radius 3 is 2.08 bits per heavy atom. The van der Waals surface area contributed by atoms with E-state index in [-0.39, 0.29) is 0 Å². The molecule has 0 unspecified atom stereocenters. The predicted molar refractivity (Wildman–Crippen MR) is 61.3 cm³/mol. The molecule has 0 aromatic heterocycles. The second-order valence-corrected chi connectivity index (χ2v) is 10.3. The highest BCUT2D eigenvalue weighted by molar-refractivity contribution is 6.76. The standard InChI is InChI=1S/C11H22Si/c1-7-8-11(10(2)3)9-12(4,5)6/h7-8,10H,1,9H2,2-6H3/b11-8+. The Kier molecular flexibility index (Phi) is 4.54. The van der Waals surface area contributed by atoms with Gasteiger partial charge in [0.2, 0.25) is 0 Å². The lowest BCUT2D eigenvalue weighted by atomic mass is 10.1. The van der Waals surface area contributed by atoms with Crippen molar-refractivity contribution in [2.45, 2.75) is 39.5 Å². The van der Waals surface area contributed by atoms with Crippen LogP contribution in [0.2, 0.25) is 25.7 Å². The molecule has 0 amide bonds. The molecule has 0 aliphatic heterocycles. The second-order valence-electron chi connectivity index (χ2n) is 4.87. The van der Waals surface area contributed by atoms with Crippen LogP contribution in [0, 0.1) is 5.92 Å². The zero-order chi connectivity index (χ0) is 9.78. The van der Waals surface area contributed by atoms with Gasteiger partial charge < -0.3 is 0 Å². The average Bonchev–Trinajstić information content (AvgIpc) is 1.83. The highest BCUT2D eigenvalue weighted by atomic mass is 28.3. The van der Waals surface area contributed by atoms with E-state index in [1.165, 1.54) is 6.04 Å². The minimum absolute atomic E-state index is 0.676. The Hall–Kier alpha value is -0.303. The van der Waals surface area contributed by atoms with Gasteiger partial charge in [-0.2, -0.15) is 0 Å². The van der Waals surface area contributed by atoms with E-state index in [9.17, 15) is 0 Å². The molecule has 0 fully saturated rings. The Bertz CT molecular complexity index is 170. The first-order valence-electron chi connectivity index (χ1n) is 4.68. The zero-order valence-corrected chi connectivity index (χ0v) is 10.1. The van der Waals surface area contributed by atoms with Crippen LogP contribution in [0.1, 0.15) is 13.8 Å². The first-order chi connectivity index (χ1) is 5.37. The highest BCUT2D eigenvalue weighted by Crippen LogP contribution is 2.22. The predicted octanol–water partition coefficient (Wildman–Crippen LogP) is 4.09. The normalized spacial score (nSPS) is 13.7. The number of hydrogen-bond donors (Lipinski definition) is 0. The molecule has 0 nitrogen and oxygen atoms in total. The summed E-state index contributed by atoms with van der Waals surface area (Å²) in [5, 5.41) is 0. The Morgan fingerprint density at radius 1 is 1.33 bits per heavy atom. The maximum Gasteiger partial charge on any atom is 0.0483 e. The summed E-state index contributed by atoms with van der Waals surface area (Å²) in [6.45, 7) is 15.5. The molecule has 0 aliphatic rings. The van der Waals surface area contributed by atoms with Crippen LogP contribution in [-0.2, 0) is 0 Å². The van der Waals surface area contributed by atoms with Gasteiger partial charge >= 0.3 is 0 Å². The molecule has 1 heteroatoms. The summed E-state index contributed by atoms with van der Waals surface area (Å²) < 4.78 is 0. The fourth-order valence-electron chi connectivity index (χ4n) is 1.22. The number of allylic oxidation sites excluding steroid dienone is 3. The van der Waals surface area contributed by atoms with Crippen molar-refractivity contribution in [1.82, 2.24) is 0 Å². The van der Waals surface area contributed by atoms with Crippen LogP contribution in [0.5, 0.6) is 0 Å². The van der Waals surface area contributed by atoms with E-state index in [4.69, 9.17) is 0 Å². The van der Waals surface area contributed by atoms with E-state index in [1.807, 2.05) is 6.08 Å². The zero-order valence-electron chi connectivity index (χ0n) is 9.15. The monoisotopic (exact) mass is 182 g/mol. The average molecular weight is 182 g/mol. The molecule has 0 bridgehead atoms. The Labute approximate surface area is 78.4 Å². The molecule has 0 radical (unpaired) electrons. The largest absolute Gasteiger partial charge is 0.0991 e. The quantitative estimate of drug-likeness (QED) is 0.454. The van der Waals surface area contributed by atoms with Crippen molar-refractivity contribution in [3.05, 3.63) is 24.3 Å². The van der Waals surface area contributed by atoms with Gasteiger partial charge in [-0.3, -0.25) is 0 Å². The van der Waals surface area contributed by atoms with Crippen LogP contribution in [-0.4, -0.2) is 8.07 Å². The summed E-state index contributed by atoms with van der Waals surface area (Å²) in [4.78, 5) is 0. The molecule has 0 aromatic carbocycles. The molecule has 0 spiro atoms. The summed E-state index contributed by atoms with van der Waals surface area (Å²) >= 11 is 0. The van der Waals surface area contributed by atoms with Gasteiger partial charge in [-0.25, -0.2) is 0 Å².